The van der Waals surface area contributed by atoms with E-state index in [9.17, 15) is 9.90 Å². The number of amides is 1. The van der Waals surface area contributed by atoms with Crippen LogP contribution in [0.1, 0.15) is 50.8 Å². The first-order valence-corrected chi connectivity index (χ1v) is 7.13. The molecule has 1 rings (SSSR count). The normalized spacial score (nSPS) is 14.6. The zero-order valence-corrected chi connectivity index (χ0v) is 12.8. The highest BCUT2D eigenvalue weighted by molar-refractivity contribution is 5.80. The molecule has 112 valence electrons. The van der Waals surface area contributed by atoms with Crippen molar-refractivity contribution in [1.82, 2.24) is 5.32 Å². The molecule has 4 heteroatoms. The summed E-state index contributed by atoms with van der Waals surface area (Å²) in [6.07, 6.45) is -0.642. The standard InChI is InChI=1S/C16H26N2O2/c1-10(2)12-5-7-13(8-6-12)14(19)9-18-15(11(3)4)16(17)20/h5-8,10-11,14-15,18-19H,9H2,1-4H3,(H2,17,20). The van der Waals surface area contributed by atoms with Gasteiger partial charge in [0.05, 0.1) is 12.1 Å². The maximum Gasteiger partial charge on any atom is 0.234 e. The van der Waals surface area contributed by atoms with Gasteiger partial charge in [-0.1, -0.05) is 52.0 Å². The number of hydrogen-bond acceptors (Lipinski definition) is 3. The number of nitrogens with one attached hydrogen (secondary N) is 1. The van der Waals surface area contributed by atoms with Crippen LogP contribution in [0.3, 0.4) is 0 Å². The van der Waals surface area contributed by atoms with Gasteiger partial charge in [0.15, 0.2) is 0 Å². The van der Waals surface area contributed by atoms with Crippen molar-refractivity contribution in [2.45, 2.75) is 45.8 Å². The lowest BCUT2D eigenvalue weighted by Crippen LogP contribution is -2.46. The molecular formula is C16H26N2O2. The lowest BCUT2D eigenvalue weighted by Gasteiger charge is -2.21. The Morgan fingerprint density at radius 3 is 2.05 bits per heavy atom. The molecule has 0 aliphatic rings. The fourth-order valence-electron chi connectivity index (χ4n) is 2.12. The zero-order valence-electron chi connectivity index (χ0n) is 12.8. The van der Waals surface area contributed by atoms with Crippen LogP contribution < -0.4 is 11.1 Å². The highest BCUT2D eigenvalue weighted by Crippen LogP contribution is 2.18. The Morgan fingerprint density at radius 2 is 1.65 bits per heavy atom. The van der Waals surface area contributed by atoms with Gasteiger partial charge < -0.3 is 16.2 Å². The van der Waals surface area contributed by atoms with Gasteiger partial charge in [0.2, 0.25) is 5.91 Å². The van der Waals surface area contributed by atoms with Crippen LogP contribution in [-0.4, -0.2) is 23.6 Å². The fourth-order valence-corrected chi connectivity index (χ4v) is 2.12. The average Bonchev–Trinajstić information content (AvgIpc) is 2.38. The number of primary amides is 1. The molecule has 2 atom stereocenters. The van der Waals surface area contributed by atoms with E-state index in [-0.39, 0.29) is 11.8 Å². The van der Waals surface area contributed by atoms with Crippen molar-refractivity contribution in [3.05, 3.63) is 35.4 Å². The Balaban J connectivity index is 2.62. The number of aliphatic hydroxyl groups is 1. The smallest absolute Gasteiger partial charge is 0.234 e. The summed E-state index contributed by atoms with van der Waals surface area (Å²) in [6, 6.07) is 7.49. The van der Waals surface area contributed by atoms with Crippen LogP contribution >= 0.6 is 0 Å². The minimum absolute atomic E-state index is 0.100. The van der Waals surface area contributed by atoms with Gasteiger partial charge in [0, 0.05) is 6.54 Å². The first kappa shape index (κ1) is 16.7. The van der Waals surface area contributed by atoms with Crippen LogP contribution in [0.2, 0.25) is 0 Å². The average molecular weight is 278 g/mol. The molecule has 0 aromatic heterocycles. The van der Waals surface area contributed by atoms with Crippen LogP contribution in [0, 0.1) is 5.92 Å². The summed E-state index contributed by atoms with van der Waals surface area (Å²) < 4.78 is 0. The van der Waals surface area contributed by atoms with Crippen molar-refractivity contribution in [2.75, 3.05) is 6.54 Å². The number of carbonyl (C=O) groups excluding carboxylic acids is 1. The van der Waals surface area contributed by atoms with Crippen molar-refractivity contribution >= 4 is 5.91 Å². The Bertz CT molecular complexity index is 427. The molecule has 4 nitrogen and oxygen atoms in total. The highest BCUT2D eigenvalue weighted by Gasteiger charge is 2.20. The van der Waals surface area contributed by atoms with E-state index in [4.69, 9.17) is 5.73 Å². The van der Waals surface area contributed by atoms with Gasteiger partial charge in [0.25, 0.3) is 0 Å². The van der Waals surface area contributed by atoms with Gasteiger partial charge in [-0.2, -0.15) is 0 Å². The molecule has 0 heterocycles. The largest absolute Gasteiger partial charge is 0.387 e. The summed E-state index contributed by atoms with van der Waals surface area (Å²) in [5.74, 6) is 0.185. The monoisotopic (exact) mass is 278 g/mol. The number of benzene rings is 1. The van der Waals surface area contributed by atoms with E-state index in [2.05, 4.69) is 19.2 Å². The van der Waals surface area contributed by atoms with Crippen molar-refractivity contribution in [3.8, 4) is 0 Å². The summed E-state index contributed by atoms with van der Waals surface area (Å²) in [7, 11) is 0. The first-order chi connectivity index (χ1) is 9.32. The van der Waals surface area contributed by atoms with Crippen LogP contribution in [-0.2, 0) is 4.79 Å². The van der Waals surface area contributed by atoms with Crippen molar-refractivity contribution in [1.29, 1.82) is 0 Å². The summed E-state index contributed by atoms with van der Waals surface area (Å²) >= 11 is 0. The highest BCUT2D eigenvalue weighted by atomic mass is 16.3. The Labute approximate surface area is 121 Å². The summed E-state index contributed by atoms with van der Waals surface area (Å²) in [5.41, 5.74) is 7.42. The molecule has 2 unspecified atom stereocenters. The molecule has 1 aromatic rings. The van der Waals surface area contributed by atoms with E-state index in [0.29, 0.717) is 12.5 Å². The predicted molar refractivity (Wildman–Crippen MR) is 81.3 cm³/mol. The van der Waals surface area contributed by atoms with E-state index in [1.54, 1.807) is 0 Å². The molecule has 1 aromatic carbocycles. The lowest BCUT2D eigenvalue weighted by molar-refractivity contribution is -0.121. The number of rotatable bonds is 7. The van der Waals surface area contributed by atoms with Crippen LogP contribution in [0.15, 0.2) is 24.3 Å². The SMILES string of the molecule is CC(C)c1ccc(C(O)CNC(C(N)=O)C(C)C)cc1. The third-order valence-corrected chi connectivity index (χ3v) is 3.49. The van der Waals surface area contributed by atoms with Crippen molar-refractivity contribution in [2.24, 2.45) is 11.7 Å². The molecule has 4 N–H and O–H groups in total. The molecule has 0 aliphatic carbocycles. The predicted octanol–water partition coefficient (Wildman–Crippen LogP) is 1.94. The maximum absolute atomic E-state index is 11.3. The molecule has 0 saturated carbocycles. The lowest BCUT2D eigenvalue weighted by atomic mass is 9.99. The fraction of sp³-hybridized carbons (Fsp3) is 0.562. The molecule has 1 amide bonds. The van der Waals surface area contributed by atoms with E-state index >= 15 is 0 Å². The maximum atomic E-state index is 11.3. The second-order valence-corrected chi connectivity index (χ2v) is 5.87. The third-order valence-electron chi connectivity index (χ3n) is 3.49. The zero-order chi connectivity index (χ0) is 15.3. The van der Waals surface area contributed by atoms with Gasteiger partial charge in [-0.25, -0.2) is 0 Å². The Morgan fingerprint density at radius 1 is 1.15 bits per heavy atom. The second kappa shape index (κ2) is 7.41. The molecule has 0 saturated heterocycles. The molecule has 0 aliphatic heterocycles. The van der Waals surface area contributed by atoms with Crippen LogP contribution in [0.25, 0.3) is 0 Å². The van der Waals surface area contributed by atoms with Gasteiger partial charge in [-0.05, 0) is 23.0 Å². The molecule has 0 radical (unpaired) electrons. The Kier molecular flexibility index (Phi) is 6.17. The summed E-state index contributed by atoms with van der Waals surface area (Å²) in [4.78, 5) is 11.3. The van der Waals surface area contributed by atoms with Gasteiger partial charge in [-0.15, -0.1) is 0 Å². The van der Waals surface area contributed by atoms with E-state index in [1.807, 2.05) is 38.1 Å². The summed E-state index contributed by atoms with van der Waals surface area (Å²) in [6.45, 7) is 8.42. The molecule has 0 spiro atoms. The number of carbonyl (C=O) groups is 1. The van der Waals surface area contributed by atoms with E-state index in [1.165, 1.54) is 5.56 Å². The molecule has 20 heavy (non-hydrogen) atoms. The number of hydrogen-bond donors (Lipinski definition) is 3. The second-order valence-electron chi connectivity index (χ2n) is 5.87. The third kappa shape index (κ3) is 4.62. The minimum atomic E-state index is -0.642. The van der Waals surface area contributed by atoms with E-state index in [0.717, 1.165) is 5.56 Å². The van der Waals surface area contributed by atoms with Crippen molar-refractivity contribution < 1.29 is 9.90 Å². The van der Waals surface area contributed by atoms with Gasteiger partial charge >= 0.3 is 0 Å². The first-order valence-electron chi connectivity index (χ1n) is 7.13. The summed E-state index contributed by atoms with van der Waals surface area (Å²) in [5, 5.41) is 13.2. The molecule has 0 fully saturated rings. The van der Waals surface area contributed by atoms with E-state index < -0.39 is 12.1 Å². The van der Waals surface area contributed by atoms with Gasteiger partial charge in [0.1, 0.15) is 0 Å². The molecular weight excluding hydrogens is 252 g/mol. The van der Waals surface area contributed by atoms with Crippen LogP contribution in [0.4, 0.5) is 0 Å². The Hall–Kier alpha value is -1.39. The van der Waals surface area contributed by atoms with Crippen molar-refractivity contribution in [3.63, 3.8) is 0 Å². The number of nitrogens with two attached hydrogens (primary N) is 1. The minimum Gasteiger partial charge on any atom is -0.387 e. The number of aliphatic hydroxyl groups excluding tert-OH is 1. The quantitative estimate of drug-likeness (QED) is 0.713. The van der Waals surface area contributed by atoms with Crippen LogP contribution in [0.5, 0.6) is 0 Å². The topological polar surface area (TPSA) is 75.3 Å². The van der Waals surface area contributed by atoms with Gasteiger partial charge in [-0.3, -0.25) is 4.79 Å². The molecule has 0 bridgehead atoms.